The minimum Gasteiger partial charge on any atom is -0.462 e. The number of thioether (sulfide) groups is 1. The fraction of sp³-hybridized carbons (Fsp3) is 0.357. The van der Waals surface area contributed by atoms with E-state index in [9.17, 15) is 4.79 Å². The molecule has 0 fully saturated rings. The van der Waals surface area contributed by atoms with E-state index in [-0.39, 0.29) is 19.2 Å². The summed E-state index contributed by atoms with van der Waals surface area (Å²) in [7, 11) is 0. The number of hydrogen-bond donors (Lipinski definition) is 1. The zero-order valence-corrected chi connectivity index (χ0v) is 11.5. The van der Waals surface area contributed by atoms with E-state index in [4.69, 9.17) is 9.84 Å². The first-order valence-electron chi connectivity index (χ1n) is 5.69. The van der Waals surface area contributed by atoms with Crippen LogP contribution in [0.15, 0.2) is 36.9 Å². The lowest BCUT2D eigenvalue weighted by Crippen LogP contribution is -2.30. The molecule has 0 aliphatic carbocycles. The van der Waals surface area contributed by atoms with Crippen LogP contribution in [-0.4, -0.2) is 29.0 Å². The molecule has 1 rings (SSSR count). The predicted octanol–water partition coefficient (Wildman–Crippen LogP) is 2.70. The van der Waals surface area contributed by atoms with Crippen LogP contribution in [-0.2, 0) is 9.53 Å². The summed E-state index contributed by atoms with van der Waals surface area (Å²) in [6.07, 6.45) is 0. The Labute approximate surface area is 112 Å². The van der Waals surface area contributed by atoms with Crippen molar-refractivity contribution in [2.24, 2.45) is 0 Å². The second kappa shape index (κ2) is 6.61. The maximum absolute atomic E-state index is 11.8. The summed E-state index contributed by atoms with van der Waals surface area (Å²) in [6.45, 7) is 7.41. The quantitative estimate of drug-likeness (QED) is 0.804. The van der Waals surface area contributed by atoms with Crippen molar-refractivity contribution in [3.8, 4) is 0 Å². The van der Waals surface area contributed by atoms with Crippen molar-refractivity contribution in [3.63, 3.8) is 0 Å². The second-order valence-electron chi connectivity index (χ2n) is 4.26. The Balaban J connectivity index is 2.65. The Morgan fingerprint density at radius 2 is 2.00 bits per heavy atom. The van der Waals surface area contributed by atoms with Crippen LogP contribution in [0.25, 0.3) is 4.91 Å². The molecule has 0 aliphatic rings. The Kier molecular flexibility index (Phi) is 5.44. The standard InChI is InChI=1S/C14H18O3S/c1-11(12-7-5-4-6-8-12)18-14(2,3)13(16)17-10-9-15/h4-8,15H,1,9-10H2,2-3H3. The first-order valence-corrected chi connectivity index (χ1v) is 6.50. The van der Waals surface area contributed by atoms with Crippen molar-refractivity contribution < 1.29 is 14.6 Å². The van der Waals surface area contributed by atoms with Crippen LogP contribution in [0.4, 0.5) is 0 Å². The van der Waals surface area contributed by atoms with Gasteiger partial charge in [0, 0.05) is 4.91 Å². The van der Waals surface area contributed by atoms with Gasteiger partial charge in [0.15, 0.2) is 0 Å². The summed E-state index contributed by atoms with van der Waals surface area (Å²) < 4.78 is 4.22. The average Bonchev–Trinajstić information content (AvgIpc) is 2.36. The molecule has 1 N–H and O–H groups in total. The summed E-state index contributed by atoms with van der Waals surface area (Å²) >= 11 is 1.36. The van der Waals surface area contributed by atoms with Gasteiger partial charge in [0.2, 0.25) is 0 Å². The van der Waals surface area contributed by atoms with Gasteiger partial charge in [0.1, 0.15) is 11.4 Å². The molecule has 0 atom stereocenters. The van der Waals surface area contributed by atoms with Gasteiger partial charge < -0.3 is 9.84 Å². The van der Waals surface area contributed by atoms with Gasteiger partial charge in [-0.25, -0.2) is 0 Å². The predicted molar refractivity (Wildman–Crippen MR) is 75.2 cm³/mol. The van der Waals surface area contributed by atoms with Gasteiger partial charge >= 0.3 is 5.97 Å². The smallest absolute Gasteiger partial charge is 0.322 e. The molecule has 0 spiro atoms. The van der Waals surface area contributed by atoms with E-state index in [1.54, 1.807) is 13.8 Å². The minimum absolute atomic E-state index is 0.0284. The third kappa shape index (κ3) is 4.20. The van der Waals surface area contributed by atoms with Crippen molar-refractivity contribution in [2.75, 3.05) is 13.2 Å². The van der Waals surface area contributed by atoms with Crippen LogP contribution in [0, 0.1) is 0 Å². The first-order chi connectivity index (χ1) is 8.47. The van der Waals surface area contributed by atoms with Crippen molar-refractivity contribution in [1.82, 2.24) is 0 Å². The van der Waals surface area contributed by atoms with Gasteiger partial charge in [-0.2, -0.15) is 0 Å². The highest BCUT2D eigenvalue weighted by Crippen LogP contribution is 2.37. The SMILES string of the molecule is C=C(SC(C)(C)C(=O)OCCO)c1ccccc1. The number of aliphatic hydroxyl groups is 1. The van der Waals surface area contributed by atoms with Crippen molar-refractivity contribution >= 4 is 22.6 Å². The molecule has 98 valence electrons. The van der Waals surface area contributed by atoms with E-state index in [1.807, 2.05) is 30.3 Å². The number of aliphatic hydroxyl groups excluding tert-OH is 1. The lowest BCUT2D eigenvalue weighted by molar-refractivity contribution is -0.146. The van der Waals surface area contributed by atoms with E-state index in [2.05, 4.69) is 6.58 Å². The molecule has 0 saturated carbocycles. The highest BCUT2D eigenvalue weighted by Gasteiger charge is 2.31. The summed E-state index contributed by atoms with van der Waals surface area (Å²) in [5.74, 6) is -0.348. The van der Waals surface area contributed by atoms with E-state index in [0.717, 1.165) is 10.5 Å². The van der Waals surface area contributed by atoms with E-state index in [0.29, 0.717) is 0 Å². The number of benzene rings is 1. The number of rotatable bonds is 6. The Hall–Kier alpha value is -1.26. The molecule has 3 nitrogen and oxygen atoms in total. The Morgan fingerprint density at radius 3 is 2.56 bits per heavy atom. The number of carbonyl (C=O) groups is 1. The monoisotopic (exact) mass is 266 g/mol. The van der Waals surface area contributed by atoms with Crippen molar-refractivity contribution in [2.45, 2.75) is 18.6 Å². The maximum Gasteiger partial charge on any atom is 0.322 e. The van der Waals surface area contributed by atoms with Gasteiger partial charge in [-0.1, -0.05) is 36.9 Å². The highest BCUT2D eigenvalue weighted by atomic mass is 32.2. The van der Waals surface area contributed by atoms with Crippen LogP contribution in [0.1, 0.15) is 19.4 Å². The normalized spacial score (nSPS) is 11.1. The van der Waals surface area contributed by atoms with E-state index in [1.165, 1.54) is 11.8 Å². The second-order valence-corrected chi connectivity index (χ2v) is 5.98. The van der Waals surface area contributed by atoms with Crippen LogP contribution < -0.4 is 0 Å². The summed E-state index contributed by atoms with van der Waals surface area (Å²) in [6, 6.07) is 9.69. The third-order valence-electron chi connectivity index (χ3n) is 2.29. The van der Waals surface area contributed by atoms with Gasteiger partial charge in [-0.15, -0.1) is 11.8 Å². The summed E-state index contributed by atoms with van der Waals surface area (Å²) in [5, 5.41) is 8.64. The molecule has 0 saturated heterocycles. The fourth-order valence-corrected chi connectivity index (χ4v) is 2.36. The molecular weight excluding hydrogens is 248 g/mol. The van der Waals surface area contributed by atoms with E-state index >= 15 is 0 Å². The number of esters is 1. The molecule has 4 heteroatoms. The van der Waals surface area contributed by atoms with Crippen LogP contribution in [0.5, 0.6) is 0 Å². The average molecular weight is 266 g/mol. The summed E-state index contributed by atoms with van der Waals surface area (Å²) in [4.78, 5) is 12.6. The zero-order valence-electron chi connectivity index (χ0n) is 10.7. The molecule has 1 aromatic rings. The van der Waals surface area contributed by atoms with Gasteiger partial charge in [0.05, 0.1) is 6.61 Å². The van der Waals surface area contributed by atoms with Gasteiger partial charge in [-0.3, -0.25) is 4.79 Å². The van der Waals surface area contributed by atoms with Gasteiger partial charge in [-0.05, 0) is 19.4 Å². The summed E-state index contributed by atoms with van der Waals surface area (Å²) in [5.41, 5.74) is 0.991. The molecule has 0 radical (unpaired) electrons. The Bertz CT molecular complexity index is 412. The van der Waals surface area contributed by atoms with Gasteiger partial charge in [0.25, 0.3) is 0 Å². The number of hydrogen-bond acceptors (Lipinski definition) is 4. The fourth-order valence-electron chi connectivity index (χ4n) is 1.34. The molecule has 0 amide bonds. The molecule has 1 aromatic carbocycles. The van der Waals surface area contributed by atoms with Crippen LogP contribution in [0.2, 0.25) is 0 Å². The topological polar surface area (TPSA) is 46.5 Å². The molecule has 0 heterocycles. The highest BCUT2D eigenvalue weighted by molar-refractivity contribution is 8.10. The molecule has 0 aliphatic heterocycles. The van der Waals surface area contributed by atoms with E-state index < -0.39 is 4.75 Å². The largest absolute Gasteiger partial charge is 0.462 e. The third-order valence-corrected chi connectivity index (χ3v) is 3.45. The molecule has 0 unspecified atom stereocenters. The lowest BCUT2D eigenvalue weighted by Gasteiger charge is -2.22. The number of carbonyl (C=O) groups excluding carboxylic acids is 1. The minimum atomic E-state index is -0.720. The first kappa shape index (κ1) is 14.8. The van der Waals surface area contributed by atoms with Crippen LogP contribution in [0.3, 0.4) is 0 Å². The molecule has 18 heavy (non-hydrogen) atoms. The Morgan fingerprint density at radius 1 is 1.39 bits per heavy atom. The molecule has 0 bridgehead atoms. The van der Waals surface area contributed by atoms with Crippen LogP contribution >= 0.6 is 11.8 Å². The van der Waals surface area contributed by atoms with Crippen molar-refractivity contribution in [1.29, 1.82) is 0 Å². The van der Waals surface area contributed by atoms with Crippen molar-refractivity contribution in [3.05, 3.63) is 42.5 Å². The zero-order chi connectivity index (χ0) is 13.6. The lowest BCUT2D eigenvalue weighted by atomic mass is 10.2. The number of ether oxygens (including phenoxy) is 1. The molecule has 0 aromatic heterocycles. The molecular formula is C14H18O3S. The maximum atomic E-state index is 11.8.